The maximum Gasteiger partial charge on any atom is 0.0488 e. The van der Waals surface area contributed by atoms with Crippen molar-refractivity contribution < 1.29 is 0 Å². The monoisotopic (exact) mass is 242 g/mol. The summed E-state index contributed by atoms with van der Waals surface area (Å²) in [6, 6.07) is 9.18. The molecular weight excluding hydrogens is 220 g/mol. The third-order valence-electron chi connectivity index (χ3n) is 4.49. The summed E-state index contributed by atoms with van der Waals surface area (Å²) in [6.45, 7) is 0. The summed E-state index contributed by atoms with van der Waals surface area (Å²) in [5.74, 6) is 6.42. The van der Waals surface area contributed by atoms with E-state index in [-0.39, 0.29) is 0 Å². The Bertz CT molecular complexity index is 450. The van der Waals surface area contributed by atoms with Crippen LogP contribution in [0.2, 0.25) is 0 Å². The number of hydrazine groups is 1. The van der Waals surface area contributed by atoms with Gasteiger partial charge in [-0.25, -0.2) is 0 Å². The third kappa shape index (κ3) is 2.11. The molecule has 2 unspecified atom stereocenters. The quantitative estimate of drug-likeness (QED) is 0.486. The Labute approximate surface area is 109 Å². The van der Waals surface area contributed by atoms with Gasteiger partial charge in [-0.2, -0.15) is 0 Å². The summed E-state index contributed by atoms with van der Waals surface area (Å²) in [6.07, 6.45) is 9.93. The van der Waals surface area contributed by atoms with Crippen LogP contribution in [0.25, 0.3) is 0 Å². The first-order chi connectivity index (χ1) is 8.90. The van der Waals surface area contributed by atoms with Gasteiger partial charge in [-0.1, -0.05) is 35.9 Å². The zero-order valence-corrected chi connectivity index (χ0v) is 10.9. The lowest BCUT2D eigenvalue weighted by molar-refractivity contribution is 0.462. The highest BCUT2D eigenvalue weighted by Gasteiger charge is 2.31. The van der Waals surface area contributed by atoms with E-state index in [1.807, 2.05) is 0 Å². The number of hydrogen-bond acceptors (Lipinski definition) is 2. The largest absolute Gasteiger partial charge is 0.271 e. The van der Waals surface area contributed by atoms with Crippen molar-refractivity contribution in [1.29, 1.82) is 0 Å². The zero-order chi connectivity index (χ0) is 12.4. The Hall–Kier alpha value is -1.12. The normalized spacial score (nSPS) is 24.5. The number of aryl methyl sites for hydroxylation is 1. The van der Waals surface area contributed by atoms with Gasteiger partial charge < -0.3 is 0 Å². The molecule has 2 nitrogen and oxygen atoms in total. The highest BCUT2D eigenvalue weighted by molar-refractivity contribution is 5.38. The van der Waals surface area contributed by atoms with Gasteiger partial charge in [0.2, 0.25) is 0 Å². The summed E-state index contributed by atoms with van der Waals surface area (Å²) in [7, 11) is 0. The van der Waals surface area contributed by atoms with Gasteiger partial charge in [-0.3, -0.25) is 11.3 Å². The van der Waals surface area contributed by atoms with Crippen molar-refractivity contribution in [3.05, 3.63) is 47.0 Å². The molecule has 0 fully saturated rings. The van der Waals surface area contributed by atoms with Crippen LogP contribution in [0.1, 0.15) is 49.1 Å². The van der Waals surface area contributed by atoms with Gasteiger partial charge >= 0.3 is 0 Å². The molecule has 0 saturated carbocycles. The van der Waals surface area contributed by atoms with Crippen LogP contribution < -0.4 is 11.3 Å². The highest BCUT2D eigenvalue weighted by Crippen LogP contribution is 2.38. The molecule has 96 valence electrons. The van der Waals surface area contributed by atoms with E-state index >= 15 is 0 Å². The maximum absolute atomic E-state index is 5.85. The van der Waals surface area contributed by atoms with E-state index in [1.54, 1.807) is 0 Å². The predicted molar refractivity (Wildman–Crippen MR) is 75.2 cm³/mol. The summed E-state index contributed by atoms with van der Waals surface area (Å²) in [4.78, 5) is 0. The first-order valence-corrected chi connectivity index (χ1v) is 7.13. The van der Waals surface area contributed by atoms with Crippen molar-refractivity contribution in [3.8, 4) is 0 Å². The van der Waals surface area contributed by atoms with Crippen LogP contribution in [0.3, 0.4) is 0 Å². The summed E-state index contributed by atoms with van der Waals surface area (Å²) < 4.78 is 0. The smallest absolute Gasteiger partial charge is 0.0488 e. The summed E-state index contributed by atoms with van der Waals surface area (Å²) in [5.41, 5.74) is 7.64. The van der Waals surface area contributed by atoms with Gasteiger partial charge in [0.05, 0.1) is 0 Å². The van der Waals surface area contributed by atoms with Gasteiger partial charge in [0, 0.05) is 12.0 Å². The topological polar surface area (TPSA) is 38.0 Å². The van der Waals surface area contributed by atoms with Crippen molar-refractivity contribution in [1.82, 2.24) is 5.43 Å². The fourth-order valence-electron chi connectivity index (χ4n) is 3.56. The van der Waals surface area contributed by atoms with Crippen molar-refractivity contribution in [2.45, 2.75) is 50.5 Å². The van der Waals surface area contributed by atoms with E-state index in [0.717, 1.165) is 0 Å². The fraction of sp³-hybridized carbons (Fsp3) is 0.500. The number of nitrogens with two attached hydrogens (primary N) is 1. The first kappa shape index (κ1) is 11.9. The molecule has 1 aromatic carbocycles. The molecule has 18 heavy (non-hydrogen) atoms. The van der Waals surface area contributed by atoms with Crippen LogP contribution in [-0.4, -0.2) is 6.04 Å². The lowest BCUT2D eigenvalue weighted by Crippen LogP contribution is -2.41. The van der Waals surface area contributed by atoms with E-state index in [1.165, 1.54) is 55.2 Å². The lowest BCUT2D eigenvalue weighted by atomic mass is 9.84. The van der Waals surface area contributed by atoms with E-state index in [9.17, 15) is 0 Å². The van der Waals surface area contributed by atoms with Crippen LogP contribution >= 0.6 is 0 Å². The maximum atomic E-state index is 5.85. The van der Waals surface area contributed by atoms with Gasteiger partial charge in [0.15, 0.2) is 0 Å². The second-order valence-corrected chi connectivity index (χ2v) is 5.51. The molecule has 2 aliphatic rings. The Morgan fingerprint density at radius 1 is 1.17 bits per heavy atom. The molecule has 0 spiro atoms. The zero-order valence-electron chi connectivity index (χ0n) is 10.9. The molecule has 0 amide bonds. The number of benzene rings is 1. The molecule has 1 aromatic rings. The van der Waals surface area contributed by atoms with Crippen molar-refractivity contribution in [2.75, 3.05) is 0 Å². The molecular formula is C16H22N2. The Morgan fingerprint density at radius 2 is 2.06 bits per heavy atom. The highest BCUT2D eigenvalue weighted by atomic mass is 15.2. The minimum absolute atomic E-state index is 0.342. The molecule has 0 radical (unpaired) electrons. The number of fused-ring (bicyclic) bond motifs is 1. The summed E-state index contributed by atoms with van der Waals surface area (Å²) >= 11 is 0. The Balaban J connectivity index is 1.87. The number of rotatable bonds is 3. The van der Waals surface area contributed by atoms with Crippen LogP contribution in [-0.2, 0) is 6.42 Å². The number of allylic oxidation sites excluding steroid dienone is 1. The van der Waals surface area contributed by atoms with E-state index in [0.29, 0.717) is 12.0 Å². The van der Waals surface area contributed by atoms with Crippen LogP contribution in [0, 0.1) is 0 Å². The molecule has 0 aromatic heterocycles. The van der Waals surface area contributed by atoms with E-state index in [2.05, 4.69) is 35.8 Å². The van der Waals surface area contributed by atoms with E-state index < -0.39 is 0 Å². The third-order valence-corrected chi connectivity index (χ3v) is 4.49. The van der Waals surface area contributed by atoms with Gasteiger partial charge in [0.1, 0.15) is 0 Å². The SMILES string of the molecule is NNC(C1=CCCCC1)C1CCc2ccccc21. The van der Waals surface area contributed by atoms with Crippen molar-refractivity contribution in [3.63, 3.8) is 0 Å². The number of nitrogens with one attached hydrogen (secondary N) is 1. The van der Waals surface area contributed by atoms with Crippen LogP contribution in [0.5, 0.6) is 0 Å². The molecule has 2 aliphatic carbocycles. The van der Waals surface area contributed by atoms with Crippen molar-refractivity contribution in [2.24, 2.45) is 5.84 Å². The molecule has 2 heteroatoms. The molecule has 0 heterocycles. The fourth-order valence-corrected chi connectivity index (χ4v) is 3.56. The summed E-state index contributed by atoms with van der Waals surface area (Å²) in [5, 5.41) is 0. The average molecular weight is 242 g/mol. The first-order valence-electron chi connectivity index (χ1n) is 7.13. The Morgan fingerprint density at radius 3 is 2.83 bits per heavy atom. The van der Waals surface area contributed by atoms with Gasteiger partial charge in [-0.05, 0) is 49.7 Å². The Kier molecular flexibility index (Phi) is 3.48. The number of hydrogen-bond donors (Lipinski definition) is 2. The van der Waals surface area contributed by atoms with E-state index in [4.69, 9.17) is 5.84 Å². The molecule has 0 saturated heterocycles. The molecule has 3 N–H and O–H groups in total. The van der Waals surface area contributed by atoms with Crippen LogP contribution in [0.15, 0.2) is 35.9 Å². The minimum atomic E-state index is 0.342. The molecule has 0 aliphatic heterocycles. The molecule has 3 rings (SSSR count). The van der Waals surface area contributed by atoms with Gasteiger partial charge in [0.25, 0.3) is 0 Å². The average Bonchev–Trinajstić information content (AvgIpc) is 2.85. The second kappa shape index (κ2) is 5.25. The second-order valence-electron chi connectivity index (χ2n) is 5.51. The molecule has 0 bridgehead atoms. The van der Waals surface area contributed by atoms with Gasteiger partial charge in [-0.15, -0.1) is 0 Å². The van der Waals surface area contributed by atoms with Crippen LogP contribution in [0.4, 0.5) is 0 Å². The minimum Gasteiger partial charge on any atom is -0.271 e. The lowest BCUT2D eigenvalue weighted by Gasteiger charge is -2.28. The molecule has 2 atom stereocenters. The van der Waals surface area contributed by atoms with Crippen molar-refractivity contribution >= 4 is 0 Å². The standard InChI is InChI=1S/C16H22N2/c17-18-16(13-7-2-1-3-8-13)15-11-10-12-6-4-5-9-14(12)15/h4-7,9,15-16,18H,1-3,8,10-11,17H2. The predicted octanol–water partition coefficient (Wildman–Crippen LogP) is 3.05.